The van der Waals surface area contributed by atoms with Crippen LogP contribution in [0.3, 0.4) is 0 Å². The minimum absolute atomic E-state index is 0.0687. The third-order valence-electron chi connectivity index (χ3n) is 3.45. The molecule has 1 amide bonds. The highest BCUT2D eigenvalue weighted by atomic mass is 19.4. The van der Waals surface area contributed by atoms with Crippen LogP contribution in [0.5, 0.6) is 11.5 Å². The van der Waals surface area contributed by atoms with Crippen molar-refractivity contribution in [3.63, 3.8) is 0 Å². The van der Waals surface area contributed by atoms with E-state index < -0.39 is 30.2 Å². The summed E-state index contributed by atoms with van der Waals surface area (Å²) >= 11 is 0. The Hall–Kier alpha value is -3.23. The minimum Gasteiger partial charge on any atom is -0.493 e. The zero-order valence-electron chi connectivity index (χ0n) is 14.4. The van der Waals surface area contributed by atoms with E-state index in [4.69, 9.17) is 14.2 Å². The fraction of sp³-hybridized carbons (Fsp3) is 0.222. The average molecular weight is 383 g/mol. The first-order chi connectivity index (χ1) is 12.8. The molecule has 0 aromatic heterocycles. The van der Waals surface area contributed by atoms with Gasteiger partial charge in [0, 0.05) is 5.69 Å². The molecule has 0 spiro atoms. The van der Waals surface area contributed by atoms with Crippen molar-refractivity contribution >= 4 is 17.6 Å². The van der Waals surface area contributed by atoms with Gasteiger partial charge in [-0.05, 0) is 36.4 Å². The molecule has 144 valence electrons. The topological polar surface area (TPSA) is 73.9 Å². The Morgan fingerprint density at radius 1 is 1.00 bits per heavy atom. The molecule has 0 radical (unpaired) electrons. The Kier molecular flexibility index (Phi) is 6.27. The molecule has 2 rings (SSSR count). The van der Waals surface area contributed by atoms with Gasteiger partial charge in [0.1, 0.15) is 5.56 Å². The van der Waals surface area contributed by atoms with Crippen molar-refractivity contribution in [1.29, 1.82) is 0 Å². The van der Waals surface area contributed by atoms with Gasteiger partial charge >= 0.3 is 12.1 Å². The van der Waals surface area contributed by atoms with Gasteiger partial charge in [-0.15, -0.1) is 0 Å². The lowest BCUT2D eigenvalue weighted by molar-refractivity contribution is -0.137. The summed E-state index contributed by atoms with van der Waals surface area (Å²) in [6.45, 7) is -0.625. The first-order valence-corrected chi connectivity index (χ1v) is 7.61. The number of alkyl halides is 3. The van der Waals surface area contributed by atoms with Gasteiger partial charge in [-0.3, -0.25) is 4.79 Å². The van der Waals surface area contributed by atoms with Crippen molar-refractivity contribution in [3.8, 4) is 11.5 Å². The smallest absolute Gasteiger partial charge is 0.416 e. The minimum atomic E-state index is -4.46. The van der Waals surface area contributed by atoms with E-state index in [-0.39, 0.29) is 17.0 Å². The summed E-state index contributed by atoms with van der Waals surface area (Å²) in [5, 5.41) is 2.34. The Balaban J connectivity index is 1.97. The molecule has 9 heteroatoms. The number of hydrogen-bond acceptors (Lipinski definition) is 5. The van der Waals surface area contributed by atoms with E-state index in [0.717, 1.165) is 24.3 Å². The first kappa shape index (κ1) is 20.1. The number of rotatable bonds is 6. The van der Waals surface area contributed by atoms with Crippen LogP contribution < -0.4 is 14.8 Å². The molecule has 0 bridgehead atoms. The highest BCUT2D eigenvalue weighted by Crippen LogP contribution is 2.31. The van der Waals surface area contributed by atoms with Crippen LogP contribution in [0.15, 0.2) is 42.5 Å². The molecule has 0 heterocycles. The molecule has 1 N–H and O–H groups in total. The summed E-state index contributed by atoms with van der Waals surface area (Å²) in [6, 6.07) is 8.47. The summed E-state index contributed by atoms with van der Waals surface area (Å²) in [4.78, 5) is 24.0. The number of hydrogen-bond donors (Lipinski definition) is 1. The Labute approximate surface area is 152 Å². The highest BCUT2D eigenvalue weighted by Gasteiger charge is 2.30. The quantitative estimate of drug-likeness (QED) is 0.773. The second-order valence-electron chi connectivity index (χ2n) is 5.24. The van der Waals surface area contributed by atoms with Crippen LogP contribution in [0.2, 0.25) is 0 Å². The van der Waals surface area contributed by atoms with E-state index in [9.17, 15) is 22.8 Å². The van der Waals surface area contributed by atoms with E-state index in [0.29, 0.717) is 5.75 Å². The second kappa shape index (κ2) is 8.43. The van der Waals surface area contributed by atoms with E-state index in [1.54, 1.807) is 12.1 Å². The van der Waals surface area contributed by atoms with Crippen LogP contribution in [-0.4, -0.2) is 32.7 Å². The van der Waals surface area contributed by atoms with Gasteiger partial charge in [-0.2, -0.15) is 13.2 Å². The van der Waals surface area contributed by atoms with Gasteiger partial charge in [0.25, 0.3) is 5.91 Å². The molecule has 0 aliphatic rings. The molecule has 27 heavy (non-hydrogen) atoms. The zero-order chi connectivity index (χ0) is 20.0. The molecule has 2 aromatic carbocycles. The van der Waals surface area contributed by atoms with E-state index in [1.165, 1.54) is 20.3 Å². The average Bonchev–Trinajstić information content (AvgIpc) is 2.65. The molecule has 0 aliphatic carbocycles. The predicted molar refractivity (Wildman–Crippen MR) is 89.9 cm³/mol. The maximum atomic E-state index is 12.5. The Bertz CT molecular complexity index is 819. The molecular formula is C18H16F3NO5. The summed E-state index contributed by atoms with van der Waals surface area (Å²) < 4.78 is 52.6. The normalized spacial score (nSPS) is 10.9. The highest BCUT2D eigenvalue weighted by molar-refractivity contribution is 5.97. The van der Waals surface area contributed by atoms with E-state index in [2.05, 4.69) is 5.32 Å². The van der Waals surface area contributed by atoms with Crippen LogP contribution >= 0.6 is 0 Å². The van der Waals surface area contributed by atoms with Crippen LogP contribution in [-0.2, 0) is 15.7 Å². The van der Waals surface area contributed by atoms with Gasteiger partial charge in [0.15, 0.2) is 18.1 Å². The molecule has 0 saturated carbocycles. The number of carbonyl (C=O) groups excluding carboxylic acids is 2. The van der Waals surface area contributed by atoms with Crippen molar-refractivity contribution in [2.24, 2.45) is 0 Å². The van der Waals surface area contributed by atoms with Gasteiger partial charge in [-0.25, -0.2) is 4.79 Å². The predicted octanol–water partition coefficient (Wildman–Crippen LogP) is 3.52. The largest absolute Gasteiger partial charge is 0.493 e. The summed E-state index contributed by atoms with van der Waals surface area (Å²) in [7, 11) is 2.76. The number of ether oxygens (including phenoxy) is 3. The van der Waals surface area contributed by atoms with Crippen LogP contribution in [0, 0.1) is 0 Å². The number of halogens is 3. The Morgan fingerprint density at radius 2 is 1.67 bits per heavy atom. The van der Waals surface area contributed by atoms with Crippen LogP contribution in [0.1, 0.15) is 15.9 Å². The molecule has 6 nitrogen and oxygen atoms in total. The molecular weight excluding hydrogens is 367 g/mol. The molecule has 0 aliphatic heterocycles. The Morgan fingerprint density at radius 3 is 2.22 bits per heavy atom. The SMILES string of the molecule is COc1cccc(C(=O)OCC(=O)Nc2ccc(C(F)(F)F)cc2)c1OC. The zero-order valence-corrected chi connectivity index (χ0v) is 14.4. The third kappa shape index (κ3) is 5.13. The fourth-order valence-electron chi connectivity index (χ4n) is 2.20. The second-order valence-corrected chi connectivity index (χ2v) is 5.24. The number of para-hydroxylation sites is 1. The number of carbonyl (C=O) groups is 2. The van der Waals surface area contributed by atoms with Gasteiger partial charge in [0.05, 0.1) is 19.8 Å². The first-order valence-electron chi connectivity index (χ1n) is 7.61. The van der Waals surface area contributed by atoms with Gasteiger partial charge < -0.3 is 19.5 Å². The number of benzene rings is 2. The summed E-state index contributed by atoms with van der Waals surface area (Å²) in [6.07, 6.45) is -4.46. The van der Waals surface area contributed by atoms with Crippen LogP contribution in [0.25, 0.3) is 0 Å². The van der Waals surface area contributed by atoms with Crippen molar-refractivity contribution in [2.45, 2.75) is 6.18 Å². The molecule has 0 atom stereocenters. The van der Waals surface area contributed by atoms with E-state index >= 15 is 0 Å². The van der Waals surface area contributed by atoms with Crippen LogP contribution in [0.4, 0.5) is 18.9 Å². The standard InChI is InChI=1S/C18H16F3NO5/c1-25-14-5-3-4-13(16(14)26-2)17(24)27-10-15(23)22-12-8-6-11(7-9-12)18(19,20)21/h3-9H,10H2,1-2H3,(H,22,23). The fourth-order valence-corrected chi connectivity index (χ4v) is 2.20. The van der Waals surface area contributed by atoms with Crippen molar-refractivity contribution in [3.05, 3.63) is 53.6 Å². The van der Waals surface area contributed by atoms with Gasteiger partial charge in [0.2, 0.25) is 0 Å². The molecule has 2 aromatic rings. The van der Waals surface area contributed by atoms with Gasteiger partial charge in [-0.1, -0.05) is 6.07 Å². The number of nitrogens with one attached hydrogen (secondary N) is 1. The lowest BCUT2D eigenvalue weighted by Crippen LogP contribution is -2.21. The van der Waals surface area contributed by atoms with Crippen molar-refractivity contribution in [2.75, 3.05) is 26.1 Å². The lowest BCUT2D eigenvalue weighted by atomic mass is 10.2. The number of methoxy groups -OCH3 is 2. The van der Waals surface area contributed by atoms with E-state index in [1.807, 2.05) is 0 Å². The molecule has 0 fully saturated rings. The maximum absolute atomic E-state index is 12.5. The maximum Gasteiger partial charge on any atom is 0.416 e. The molecule has 0 unspecified atom stereocenters. The van der Waals surface area contributed by atoms with Crippen molar-refractivity contribution in [1.82, 2.24) is 0 Å². The monoisotopic (exact) mass is 383 g/mol. The number of esters is 1. The molecule has 0 saturated heterocycles. The summed E-state index contributed by atoms with van der Waals surface area (Å²) in [5.41, 5.74) is -0.626. The van der Waals surface area contributed by atoms with Crippen molar-refractivity contribution < 1.29 is 37.0 Å². The third-order valence-corrected chi connectivity index (χ3v) is 3.45. The number of amides is 1. The lowest BCUT2D eigenvalue weighted by Gasteiger charge is -2.12. The number of anilines is 1. The summed E-state index contributed by atoms with van der Waals surface area (Å²) in [5.74, 6) is -1.03.